The number of nitrogens with two attached hydrogens (primary N) is 1. The zero-order valence-corrected chi connectivity index (χ0v) is 11.3. The highest BCUT2D eigenvalue weighted by atomic mass is 19.1. The van der Waals surface area contributed by atoms with E-state index in [-0.39, 0.29) is 17.3 Å². The molecule has 100 valence electrons. The Morgan fingerprint density at radius 3 is 2.61 bits per heavy atom. The second-order valence-electron chi connectivity index (χ2n) is 5.86. The Kier molecular flexibility index (Phi) is 4.03. The van der Waals surface area contributed by atoms with Crippen LogP contribution in [-0.4, -0.2) is 6.04 Å². The number of benzene rings is 1. The molecular formula is C15H23FN2. The van der Waals surface area contributed by atoms with Gasteiger partial charge < -0.3 is 0 Å². The predicted molar refractivity (Wildman–Crippen MR) is 72.5 cm³/mol. The molecule has 1 saturated carbocycles. The normalized spacial score (nSPS) is 20.0. The van der Waals surface area contributed by atoms with Crippen molar-refractivity contribution in [2.75, 3.05) is 0 Å². The summed E-state index contributed by atoms with van der Waals surface area (Å²) in [6.45, 7) is 4.27. The van der Waals surface area contributed by atoms with Gasteiger partial charge in [0.1, 0.15) is 5.82 Å². The highest BCUT2D eigenvalue weighted by Gasteiger charge is 2.36. The molecule has 0 saturated heterocycles. The first-order valence-electron chi connectivity index (χ1n) is 6.76. The minimum absolute atomic E-state index is 0.166. The van der Waals surface area contributed by atoms with E-state index < -0.39 is 0 Å². The molecule has 2 rings (SSSR count). The smallest absolute Gasteiger partial charge is 0.123 e. The van der Waals surface area contributed by atoms with Crippen molar-refractivity contribution in [3.05, 3.63) is 35.1 Å². The number of rotatable bonds is 4. The van der Waals surface area contributed by atoms with E-state index in [9.17, 15) is 4.39 Å². The Labute approximate surface area is 109 Å². The van der Waals surface area contributed by atoms with E-state index in [0.717, 1.165) is 12.0 Å². The van der Waals surface area contributed by atoms with Gasteiger partial charge in [-0.1, -0.05) is 25.8 Å². The highest BCUT2D eigenvalue weighted by Crippen LogP contribution is 2.41. The number of aryl methyl sites for hydroxylation is 1. The third kappa shape index (κ3) is 2.73. The van der Waals surface area contributed by atoms with Crippen molar-refractivity contribution < 1.29 is 4.39 Å². The van der Waals surface area contributed by atoms with Crippen LogP contribution in [0.3, 0.4) is 0 Å². The lowest BCUT2D eigenvalue weighted by atomic mass is 9.78. The molecule has 3 N–H and O–H groups in total. The molecular weight excluding hydrogens is 227 g/mol. The van der Waals surface area contributed by atoms with E-state index in [2.05, 4.69) is 12.3 Å². The average Bonchev–Trinajstić information content (AvgIpc) is 2.76. The molecule has 0 radical (unpaired) electrons. The fraction of sp³-hybridized carbons (Fsp3) is 0.600. The van der Waals surface area contributed by atoms with Gasteiger partial charge in [0.15, 0.2) is 0 Å². The van der Waals surface area contributed by atoms with Crippen molar-refractivity contribution in [3.63, 3.8) is 0 Å². The summed E-state index contributed by atoms with van der Waals surface area (Å²) >= 11 is 0. The lowest BCUT2D eigenvalue weighted by Gasteiger charge is -2.34. The molecule has 1 aliphatic rings. The minimum Gasteiger partial charge on any atom is -0.271 e. The van der Waals surface area contributed by atoms with Crippen molar-refractivity contribution in [2.45, 2.75) is 52.0 Å². The van der Waals surface area contributed by atoms with E-state index >= 15 is 0 Å². The monoisotopic (exact) mass is 250 g/mol. The molecule has 18 heavy (non-hydrogen) atoms. The molecule has 0 aromatic heterocycles. The van der Waals surface area contributed by atoms with Crippen LogP contribution in [0.5, 0.6) is 0 Å². The van der Waals surface area contributed by atoms with Gasteiger partial charge in [-0.05, 0) is 54.9 Å². The van der Waals surface area contributed by atoms with Gasteiger partial charge in [0.25, 0.3) is 0 Å². The van der Waals surface area contributed by atoms with Crippen LogP contribution >= 0.6 is 0 Å². The van der Waals surface area contributed by atoms with Crippen LogP contribution in [0, 0.1) is 18.2 Å². The van der Waals surface area contributed by atoms with Gasteiger partial charge in [0.2, 0.25) is 0 Å². The van der Waals surface area contributed by atoms with Crippen LogP contribution in [0.15, 0.2) is 18.2 Å². The third-order valence-corrected chi connectivity index (χ3v) is 4.52. The Morgan fingerprint density at radius 1 is 1.39 bits per heavy atom. The van der Waals surface area contributed by atoms with Crippen LogP contribution < -0.4 is 11.3 Å². The molecule has 3 heteroatoms. The van der Waals surface area contributed by atoms with Crippen LogP contribution in [0.2, 0.25) is 0 Å². The summed E-state index contributed by atoms with van der Waals surface area (Å²) in [5.74, 6) is 5.58. The first kappa shape index (κ1) is 13.5. The second kappa shape index (κ2) is 5.37. The van der Waals surface area contributed by atoms with E-state index in [1.807, 2.05) is 13.0 Å². The number of halogens is 1. The van der Waals surface area contributed by atoms with Crippen molar-refractivity contribution >= 4 is 0 Å². The quantitative estimate of drug-likeness (QED) is 0.636. The lowest BCUT2D eigenvalue weighted by Crippen LogP contribution is -2.47. The molecule has 0 amide bonds. The fourth-order valence-electron chi connectivity index (χ4n) is 3.15. The van der Waals surface area contributed by atoms with Crippen molar-refractivity contribution in [1.29, 1.82) is 0 Å². The molecule has 1 atom stereocenters. The van der Waals surface area contributed by atoms with Crippen LogP contribution in [0.4, 0.5) is 4.39 Å². The Bertz CT molecular complexity index is 411. The largest absolute Gasteiger partial charge is 0.271 e. The van der Waals surface area contributed by atoms with Gasteiger partial charge in [-0.15, -0.1) is 0 Å². The number of hydrogen-bond acceptors (Lipinski definition) is 2. The van der Waals surface area contributed by atoms with Gasteiger partial charge in [-0.25, -0.2) is 4.39 Å². The Morgan fingerprint density at radius 2 is 2.06 bits per heavy atom. The molecule has 1 unspecified atom stereocenters. The minimum atomic E-state index is -0.166. The van der Waals surface area contributed by atoms with E-state index in [4.69, 9.17) is 5.84 Å². The molecule has 1 aliphatic carbocycles. The maximum absolute atomic E-state index is 13.1. The number of hydrogen-bond donors (Lipinski definition) is 2. The lowest BCUT2D eigenvalue weighted by molar-refractivity contribution is 0.220. The summed E-state index contributed by atoms with van der Waals surface area (Å²) in [4.78, 5) is 0. The summed E-state index contributed by atoms with van der Waals surface area (Å²) in [7, 11) is 0. The molecule has 0 heterocycles. The standard InChI is InChI=1S/C15H23FN2/c1-11-9-13(16)6-5-12(11)10-14(18-17)15(2)7-3-4-8-15/h5-6,9,14,18H,3-4,7-8,10,17H2,1-2H3. The van der Waals surface area contributed by atoms with Gasteiger partial charge >= 0.3 is 0 Å². The third-order valence-electron chi connectivity index (χ3n) is 4.52. The first-order chi connectivity index (χ1) is 8.55. The van der Waals surface area contributed by atoms with Crippen molar-refractivity contribution in [1.82, 2.24) is 5.43 Å². The van der Waals surface area contributed by atoms with Crippen LogP contribution in [0.25, 0.3) is 0 Å². The molecule has 1 aromatic carbocycles. The first-order valence-corrected chi connectivity index (χ1v) is 6.76. The molecule has 2 nitrogen and oxygen atoms in total. The van der Waals surface area contributed by atoms with E-state index in [0.29, 0.717) is 0 Å². The van der Waals surface area contributed by atoms with E-state index in [1.54, 1.807) is 6.07 Å². The molecule has 1 fully saturated rings. The second-order valence-corrected chi connectivity index (χ2v) is 5.86. The fourth-order valence-corrected chi connectivity index (χ4v) is 3.15. The summed E-state index contributed by atoms with van der Waals surface area (Å²) in [6.07, 6.45) is 5.90. The summed E-state index contributed by atoms with van der Waals surface area (Å²) in [5, 5.41) is 0. The Balaban J connectivity index is 2.15. The topological polar surface area (TPSA) is 38.0 Å². The van der Waals surface area contributed by atoms with Gasteiger partial charge in [0, 0.05) is 6.04 Å². The van der Waals surface area contributed by atoms with Gasteiger partial charge in [-0.2, -0.15) is 0 Å². The average molecular weight is 250 g/mol. The van der Waals surface area contributed by atoms with Crippen LogP contribution in [-0.2, 0) is 6.42 Å². The molecule has 0 aliphatic heterocycles. The zero-order chi connectivity index (χ0) is 13.2. The summed E-state index contributed by atoms with van der Waals surface area (Å²) in [6, 6.07) is 5.28. The SMILES string of the molecule is Cc1cc(F)ccc1CC(NN)C1(C)CCCC1. The Hall–Kier alpha value is -0.930. The van der Waals surface area contributed by atoms with Crippen molar-refractivity contribution in [3.8, 4) is 0 Å². The zero-order valence-electron chi connectivity index (χ0n) is 11.3. The van der Waals surface area contributed by atoms with Crippen LogP contribution in [0.1, 0.15) is 43.7 Å². The summed E-state index contributed by atoms with van der Waals surface area (Å²) in [5.41, 5.74) is 5.45. The number of hydrazine groups is 1. The maximum atomic E-state index is 13.1. The van der Waals surface area contributed by atoms with E-state index in [1.165, 1.54) is 37.3 Å². The van der Waals surface area contributed by atoms with Gasteiger partial charge in [0.05, 0.1) is 0 Å². The molecule has 0 spiro atoms. The number of nitrogens with one attached hydrogen (secondary N) is 1. The highest BCUT2D eigenvalue weighted by molar-refractivity contribution is 5.27. The summed E-state index contributed by atoms with van der Waals surface area (Å²) < 4.78 is 13.1. The maximum Gasteiger partial charge on any atom is 0.123 e. The molecule has 0 bridgehead atoms. The predicted octanol–water partition coefficient (Wildman–Crippen LogP) is 3.09. The van der Waals surface area contributed by atoms with Crippen molar-refractivity contribution in [2.24, 2.45) is 11.3 Å². The molecule has 1 aromatic rings. The van der Waals surface area contributed by atoms with Gasteiger partial charge in [-0.3, -0.25) is 11.3 Å².